The zero-order valence-electron chi connectivity index (χ0n) is 13.7. The summed E-state index contributed by atoms with van der Waals surface area (Å²) in [6.07, 6.45) is 3.14. The lowest BCUT2D eigenvalue weighted by Crippen LogP contribution is -2.52. The van der Waals surface area contributed by atoms with Crippen molar-refractivity contribution in [2.24, 2.45) is 0 Å². The molecule has 1 amide bonds. The molecule has 1 saturated heterocycles. The van der Waals surface area contributed by atoms with Gasteiger partial charge in [-0.2, -0.15) is 5.10 Å². The normalized spacial score (nSPS) is 27.2. The molecular weight excluding hydrogens is 280 g/mol. The van der Waals surface area contributed by atoms with E-state index in [4.69, 9.17) is 4.74 Å². The molecule has 2 unspecified atom stereocenters. The number of hydrogen-bond acceptors (Lipinski definition) is 4. The van der Waals surface area contributed by atoms with E-state index in [9.17, 15) is 4.79 Å². The van der Waals surface area contributed by atoms with E-state index in [-0.39, 0.29) is 23.7 Å². The Hall–Kier alpha value is -1.40. The number of aromatic amines is 1. The molecule has 0 radical (unpaired) electrons. The van der Waals surface area contributed by atoms with Crippen molar-refractivity contribution in [1.82, 2.24) is 20.8 Å². The number of hydrogen-bond donors (Lipinski definition) is 3. The molecule has 0 bridgehead atoms. The van der Waals surface area contributed by atoms with Gasteiger partial charge in [-0.25, -0.2) is 0 Å². The number of fused-ring (bicyclic) bond motifs is 1. The first-order valence-corrected chi connectivity index (χ1v) is 8.13. The molecule has 6 nitrogen and oxygen atoms in total. The van der Waals surface area contributed by atoms with E-state index in [1.165, 1.54) is 5.56 Å². The molecule has 1 fully saturated rings. The molecule has 1 aliphatic heterocycles. The molecule has 2 heterocycles. The standard InChI is InChI=1S/C16H26N4O2/c1-10-13-6-11(4-5-14(13)20-19-10)18-15(21)7-12-8-17-9-16(2,3)22-12/h11-12,17H,4-9H2,1-3H3,(H,18,21)(H,19,20). The number of amides is 1. The van der Waals surface area contributed by atoms with Gasteiger partial charge in [-0.1, -0.05) is 0 Å². The zero-order chi connectivity index (χ0) is 15.7. The minimum absolute atomic E-state index is 0.0430. The lowest BCUT2D eigenvalue weighted by Gasteiger charge is -2.36. The number of ether oxygens (including phenoxy) is 1. The van der Waals surface area contributed by atoms with Crippen LogP contribution in [0.4, 0.5) is 0 Å². The predicted molar refractivity (Wildman–Crippen MR) is 83.7 cm³/mol. The van der Waals surface area contributed by atoms with E-state index in [0.29, 0.717) is 6.42 Å². The molecule has 2 atom stereocenters. The summed E-state index contributed by atoms with van der Waals surface area (Å²) < 4.78 is 5.96. The maximum absolute atomic E-state index is 12.3. The van der Waals surface area contributed by atoms with Gasteiger partial charge in [0, 0.05) is 24.8 Å². The maximum atomic E-state index is 12.3. The van der Waals surface area contributed by atoms with Crippen LogP contribution in [0.15, 0.2) is 0 Å². The molecule has 3 rings (SSSR count). The van der Waals surface area contributed by atoms with Crippen LogP contribution in [0.5, 0.6) is 0 Å². The van der Waals surface area contributed by atoms with Crippen molar-refractivity contribution in [2.45, 2.75) is 64.2 Å². The summed E-state index contributed by atoms with van der Waals surface area (Å²) in [5.74, 6) is 0.0825. The minimum Gasteiger partial charge on any atom is -0.369 e. The number of aryl methyl sites for hydroxylation is 2. The highest BCUT2D eigenvalue weighted by atomic mass is 16.5. The van der Waals surface area contributed by atoms with Gasteiger partial charge in [0.1, 0.15) is 0 Å². The predicted octanol–water partition coefficient (Wildman–Crippen LogP) is 0.849. The van der Waals surface area contributed by atoms with Crippen molar-refractivity contribution in [1.29, 1.82) is 0 Å². The first kappa shape index (κ1) is 15.5. The first-order chi connectivity index (χ1) is 10.4. The maximum Gasteiger partial charge on any atom is 0.222 e. The topological polar surface area (TPSA) is 79.0 Å². The van der Waals surface area contributed by atoms with E-state index in [1.807, 2.05) is 6.92 Å². The van der Waals surface area contributed by atoms with Crippen LogP contribution in [0.1, 0.15) is 43.6 Å². The second-order valence-electron chi connectivity index (χ2n) is 7.12. The molecule has 1 aromatic heterocycles. The highest BCUT2D eigenvalue weighted by molar-refractivity contribution is 5.77. The molecule has 1 aromatic rings. The molecule has 1 aliphatic carbocycles. The summed E-state index contributed by atoms with van der Waals surface area (Å²) in [4.78, 5) is 12.3. The molecule has 3 N–H and O–H groups in total. The van der Waals surface area contributed by atoms with Crippen LogP contribution in [-0.2, 0) is 22.4 Å². The van der Waals surface area contributed by atoms with Crippen LogP contribution in [-0.4, -0.2) is 46.9 Å². The molecule has 2 aliphatic rings. The van der Waals surface area contributed by atoms with Crippen molar-refractivity contribution in [2.75, 3.05) is 13.1 Å². The first-order valence-electron chi connectivity index (χ1n) is 8.13. The number of nitrogens with zero attached hydrogens (tertiary/aromatic N) is 1. The number of carbonyl (C=O) groups excluding carboxylic acids is 1. The second-order valence-corrected chi connectivity index (χ2v) is 7.12. The SMILES string of the molecule is Cc1[nH]nc2c1CC(NC(=O)CC1CNCC(C)(C)O1)CC2. The van der Waals surface area contributed by atoms with Crippen LogP contribution >= 0.6 is 0 Å². The fourth-order valence-corrected chi connectivity index (χ4v) is 3.44. The van der Waals surface area contributed by atoms with Crippen LogP contribution in [0.2, 0.25) is 0 Å². The highest BCUT2D eigenvalue weighted by Crippen LogP contribution is 2.22. The lowest BCUT2D eigenvalue weighted by molar-refractivity contribution is -0.132. The van der Waals surface area contributed by atoms with Gasteiger partial charge >= 0.3 is 0 Å². The quantitative estimate of drug-likeness (QED) is 0.773. The van der Waals surface area contributed by atoms with E-state index < -0.39 is 0 Å². The van der Waals surface area contributed by atoms with Crippen molar-refractivity contribution in [3.63, 3.8) is 0 Å². The van der Waals surface area contributed by atoms with Gasteiger partial charge in [0.2, 0.25) is 5.91 Å². The Kier molecular flexibility index (Phi) is 4.23. The van der Waals surface area contributed by atoms with E-state index >= 15 is 0 Å². The molecule has 22 heavy (non-hydrogen) atoms. The van der Waals surface area contributed by atoms with Gasteiger partial charge in [0.05, 0.1) is 23.8 Å². The van der Waals surface area contributed by atoms with Gasteiger partial charge in [-0.05, 0) is 45.6 Å². The number of carbonyl (C=O) groups is 1. The molecule has 6 heteroatoms. The van der Waals surface area contributed by atoms with Gasteiger partial charge in [-0.15, -0.1) is 0 Å². The molecule has 122 valence electrons. The minimum atomic E-state index is -0.198. The van der Waals surface area contributed by atoms with Gasteiger partial charge in [0.15, 0.2) is 0 Å². The number of morpholine rings is 1. The summed E-state index contributed by atoms with van der Waals surface area (Å²) in [5.41, 5.74) is 3.35. The van der Waals surface area contributed by atoms with Crippen LogP contribution in [0.25, 0.3) is 0 Å². The van der Waals surface area contributed by atoms with Gasteiger partial charge < -0.3 is 15.4 Å². The fraction of sp³-hybridized carbons (Fsp3) is 0.750. The largest absolute Gasteiger partial charge is 0.369 e. The Labute approximate surface area is 131 Å². The lowest BCUT2D eigenvalue weighted by atomic mass is 9.91. The summed E-state index contributed by atoms with van der Waals surface area (Å²) in [7, 11) is 0. The van der Waals surface area contributed by atoms with E-state index in [1.54, 1.807) is 0 Å². The second kappa shape index (κ2) is 6.01. The summed E-state index contributed by atoms with van der Waals surface area (Å²) >= 11 is 0. The van der Waals surface area contributed by atoms with Crippen LogP contribution in [0, 0.1) is 6.92 Å². The zero-order valence-corrected chi connectivity index (χ0v) is 13.7. The van der Waals surface area contributed by atoms with Crippen molar-refractivity contribution in [3.8, 4) is 0 Å². The third-order valence-corrected chi connectivity index (χ3v) is 4.53. The van der Waals surface area contributed by atoms with Gasteiger partial charge in [-0.3, -0.25) is 9.89 Å². The van der Waals surface area contributed by atoms with E-state index in [0.717, 1.165) is 43.7 Å². The Bertz CT molecular complexity index is 552. The average molecular weight is 306 g/mol. The highest BCUT2D eigenvalue weighted by Gasteiger charge is 2.30. The smallest absolute Gasteiger partial charge is 0.222 e. The Morgan fingerprint density at radius 3 is 3.09 bits per heavy atom. The summed E-state index contributed by atoms with van der Waals surface area (Å²) in [5, 5.41) is 13.8. The Morgan fingerprint density at radius 2 is 2.32 bits per heavy atom. The monoisotopic (exact) mass is 306 g/mol. The summed E-state index contributed by atoms with van der Waals surface area (Å²) in [6.45, 7) is 7.71. The van der Waals surface area contributed by atoms with Gasteiger partial charge in [0.25, 0.3) is 0 Å². The average Bonchev–Trinajstić information content (AvgIpc) is 2.79. The third kappa shape index (κ3) is 3.50. The fourth-order valence-electron chi connectivity index (χ4n) is 3.44. The Balaban J connectivity index is 1.51. The Morgan fingerprint density at radius 1 is 1.50 bits per heavy atom. The van der Waals surface area contributed by atoms with Crippen LogP contribution in [0.3, 0.4) is 0 Å². The number of nitrogens with one attached hydrogen (secondary N) is 3. The number of rotatable bonds is 3. The number of aromatic nitrogens is 2. The van der Waals surface area contributed by atoms with Crippen molar-refractivity contribution in [3.05, 3.63) is 17.0 Å². The summed E-state index contributed by atoms with van der Waals surface area (Å²) in [6, 6.07) is 0.209. The van der Waals surface area contributed by atoms with Crippen molar-refractivity contribution < 1.29 is 9.53 Å². The molecule has 0 aromatic carbocycles. The third-order valence-electron chi connectivity index (χ3n) is 4.53. The van der Waals surface area contributed by atoms with E-state index in [2.05, 4.69) is 34.7 Å². The molecular formula is C16H26N4O2. The number of H-pyrrole nitrogens is 1. The molecule has 0 spiro atoms. The van der Waals surface area contributed by atoms with Crippen molar-refractivity contribution >= 4 is 5.91 Å². The molecule has 0 saturated carbocycles. The van der Waals surface area contributed by atoms with Crippen LogP contribution < -0.4 is 10.6 Å².